The van der Waals surface area contributed by atoms with Crippen LogP contribution in [0.5, 0.6) is 0 Å². The van der Waals surface area contributed by atoms with Gasteiger partial charge in [-0.1, -0.05) is 0 Å². The van der Waals surface area contributed by atoms with Gasteiger partial charge in [-0.3, -0.25) is 9.48 Å². The maximum atomic E-state index is 11.8. The van der Waals surface area contributed by atoms with E-state index in [1.807, 2.05) is 7.05 Å². The van der Waals surface area contributed by atoms with E-state index in [0.717, 1.165) is 25.1 Å². The van der Waals surface area contributed by atoms with Crippen molar-refractivity contribution in [1.82, 2.24) is 14.7 Å². The van der Waals surface area contributed by atoms with E-state index < -0.39 is 0 Å². The first-order chi connectivity index (χ1) is 6.74. The van der Waals surface area contributed by atoms with Crippen LogP contribution in [0, 0.1) is 0 Å². The molecule has 0 unspecified atom stereocenters. The van der Waals surface area contributed by atoms with E-state index in [9.17, 15) is 4.79 Å². The Morgan fingerprint density at radius 1 is 1.57 bits per heavy atom. The van der Waals surface area contributed by atoms with Crippen LogP contribution in [0.25, 0.3) is 0 Å². The fraction of sp³-hybridized carbons (Fsp3) is 0.556. The molecule has 1 amide bonds. The number of carbonyl (C=O) groups excluding carboxylic acids is 1. The number of aromatic nitrogens is 2. The van der Waals surface area contributed by atoms with E-state index in [4.69, 9.17) is 5.73 Å². The monoisotopic (exact) mass is 194 g/mol. The number of rotatable bonds is 2. The number of hydrogen-bond acceptors (Lipinski definition) is 3. The van der Waals surface area contributed by atoms with Crippen molar-refractivity contribution in [3.8, 4) is 0 Å². The summed E-state index contributed by atoms with van der Waals surface area (Å²) < 4.78 is 1.77. The zero-order valence-corrected chi connectivity index (χ0v) is 8.23. The van der Waals surface area contributed by atoms with Gasteiger partial charge in [-0.15, -0.1) is 0 Å². The highest BCUT2D eigenvalue weighted by Crippen LogP contribution is 2.15. The highest BCUT2D eigenvalue weighted by molar-refractivity contribution is 5.94. The van der Waals surface area contributed by atoms with Crippen molar-refractivity contribution < 1.29 is 4.79 Å². The van der Waals surface area contributed by atoms with E-state index in [0.29, 0.717) is 12.2 Å². The second-order valence-corrected chi connectivity index (χ2v) is 3.51. The molecular formula is C9H14N4O. The summed E-state index contributed by atoms with van der Waals surface area (Å²) in [5.41, 5.74) is 7.15. The fourth-order valence-electron chi connectivity index (χ4n) is 1.71. The summed E-state index contributed by atoms with van der Waals surface area (Å²) in [4.78, 5) is 13.5. The Morgan fingerprint density at radius 3 is 3.07 bits per heavy atom. The van der Waals surface area contributed by atoms with Crippen LogP contribution in [0.15, 0.2) is 6.20 Å². The maximum Gasteiger partial charge on any atom is 0.272 e. The molecule has 1 aliphatic heterocycles. The standard InChI is InChI=1S/C9H14N4O/c1-12-4-5-13-8(9(12)14)7(2-3-10)6-11-13/h6H,2-5,10H2,1H3. The molecule has 0 bridgehead atoms. The quantitative estimate of drug-likeness (QED) is 0.688. The normalized spacial score (nSPS) is 15.9. The van der Waals surface area contributed by atoms with E-state index in [1.54, 1.807) is 15.8 Å². The minimum Gasteiger partial charge on any atom is -0.339 e. The van der Waals surface area contributed by atoms with Gasteiger partial charge in [0.15, 0.2) is 0 Å². The topological polar surface area (TPSA) is 64.2 Å². The summed E-state index contributed by atoms with van der Waals surface area (Å²) in [6.07, 6.45) is 2.47. The molecule has 5 heteroatoms. The van der Waals surface area contributed by atoms with Gasteiger partial charge in [0.25, 0.3) is 5.91 Å². The molecule has 0 fully saturated rings. The van der Waals surface area contributed by atoms with Gasteiger partial charge < -0.3 is 10.6 Å². The first kappa shape index (κ1) is 9.21. The highest BCUT2D eigenvalue weighted by atomic mass is 16.2. The molecule has 0 spiro atoms. The second-order valence-electron chi connectivity index (χ2n) is 3.51. The molecule has 1 aromatic rings. The largest absolute Gasteiger partial charge is 0.339 e. The van der Waals surface area contributed by atoms with Gasteiger partial charge in [0, 0.05) is 19.2 Å². The van der Waals surface area contributed by atoms with Crippen LogP contribution >= 0.6 is 0 Å². The molecule has 1 aromatic heterocycles. The summed E-state index contributed by atoms with van der Waals surface area (Å²) in [7, 11) is 1.81. The van der Waals surface area contributed by atoms with Gasteiger partial charge in [0.1, 0.15) is 5.69 Å². The molecule has 0 aliphatic carbocycles. The molecule has 2 N–H and O–H groups in total. The number of likely N-dealkylation sites (N-methyl/N-ethyl adjacent to an activating group) is 1. The first-order valence-electron chi connectivity index (χ1n) is 4.74. The van der Waals surface area contributed by atoms with Crippen LogP contribution in [0.2, 0.25) is 0 Å². The Balaban J connectivity index is 2.39. The molecule has 76 valence electrons. The predicted octanol–water partition coefficient (Wildman–Crippen LogP) is -0.530. The van der Waals surface area contributed by atoms with Crippen LogP contribution < -0.4 is 5.73 Å². The van der Waals surface area contributed by atoms with E-state index in [2.05, 4.69) is 5.10 Å². The van der Waals surface area contributed by atoms with Crippen LogP contribution in [-0.4, -0.2) is 40.7 Å². The van der Waals surface area contributed by atoms with Crippen molar-refractivity contribution in [3.05, 3.63) is 17.5 Å². The third-order valence-electron chi connectivity index (χ3n) is 2.53. The van der Waals surface area contributed by atoms with Gasteiger partial charge in [-0.2, -0.15) is 5.10 Å². The van der Waals surface area contributed by atoms with E-state index in [1.165, 1.54) is 0 Å². The third-order valence-corrected chi connectivity index (χ3v) is 2.53. The summed E-state index contributed by atoms with van der Waals surface area (Å²) >= 11 is 0. The molecule has 0 aromatic carbocycles. The lowest BCUT2D eigenvalue weighted by atomic mass is 10.1. The maximum absolute atomic E-state index is 11.8. The van der Waals surface area contributed by atoms with Gasteiger partial charge >= 0.3 is 0 Å². The average molecular weight is 194 g/mol. The van der Waals surface area contributed by atoms with Gasteiger partial charge in [0.2, 0.25) is 0 Å². The van der Waals surface area contributed by atoms with Gasteiger partial charge in [-0.05, 0) is 13.0 Å². The zero-order valence-electron chi connectivity index (χ0n) is 8.23. The Labute approximate surface area is 82.5 Å². The Kier molecular flexibility index (Phi) is 2.25. The van der Waals surface area contributed by atoms with Crippen LogP contribution in [-0.2, 0) is 13.0 Å². The number of nitrogens with two attached hydrogens (primary N) is 1. The lowest BCUT2D eigenvalue weighted by molar-refractivity contribution is 0.0741. The Hall–Kier alpha value is -1.36. The number of fused-ring (bicyclic) bond motifs is 1. The van der Waals surface area contributed by atoms with Crippen molar-refractivity contribution in [2.45, 2.75) is 13.0 Å². The van der Waals surface area contributed by atoms with Crippen molar-refractivity contribution in [3.63, 3.8) is 0 Å². The molecule has 14 heavy (non-hydrogen) atoms. The molecule has 0 radical (unpaired) electrons. The molecule has 2 rings (SSSR count). The third kappa shape index (κ3) is 1.29. The van der Waals surface area contributed by atoms with Crippen molar-refractivity contribution in [2.75, 3.05) is 20.1 Å². The van der Waals surface area contributed by atoms with E-state index in [-0.39, 0.29) is 5.91 Å². The van der Waals surface area contributed by atoms with Gasteiger partial charge in [0.05, 0.1) is 12.7 Å². The molecule has 0 saturated heterocycles. The van der Waals surface area contributed by atoms with Crippen LogP contribution in [0.4, 0.5) is 0 Å². The van der Waals surface area contributed by atoms with Crippen molar-refractivity contribution in [1.29, 1.82) is 0 Å². The van der Waals surface area contributed by atoms with Gasteiger partial charge in [-0.25, -0.2) is 0 Å². The Morgan fingerprint density at radius 2 is 2.36 bits per heavy atom. The summed E-state index contributed by atoms with van der Waals surface area (Å²) in [6, 6.07) is 0. The number of hydrogen-bond donors (Lipinski definition) is 1. The number of carbonyl (C=O) groups is 1. The number of amides is 1. The molecule has 0 saturated carbocycles. The molecular weight excluding hydrogens is 180 g/mol. The Bertz CT molecular complexity index is 358. The second kappa shape index (κ2) is 3.42. The molecule has 5 nitrogen and oxygen atoms in total. The smallest absolute Gasteiger partial charge is 0.272 e. The average Bonchev–Trinajstić information content (AvgIpc) is 2.57. The fourth-order valence-corrected chi connectivity index (χ4v) is 1.71. The summed E-state index contributed by atoms with van der Waals surface area (Å²) in [5, 5.41) is 4.17. The highest BCUT2D eigenvalue weighted by Gasteiger charge is 2.25. The molecule has 0 atom stereocenters. The zero-order chi connectivity index (χ0) is 10.1. The number of nitrogens with zero attached hydrogens (tertiary/aromatic N) is 3. The molecule has 1 aliphatic rings. The molecule has 2 heterocycles. The SMILES string of the molecule is CN1CCn2ncc(CCN)c2C1=O. The summed E-state index contributed by atoms with van der Waals surface area (Å²) in [5.74, 6) is 0.0530. The van der Waals surface area contributed by atoms with E-state index >= 15 is 0 Å². The van der Waals surface area contributed by atoms with Crippen molar-refractivity contribution in [2.24, 2.45) is 5.73 Å². The predicted molar refractivity (Wildman–Crippen MR) is 51.9 cm³/mol. The lowest BCUT2D eigenvalue weighted by Gasteiger charge is -2.24. The summed E-state index contributed by atoms with van der Waals surface area (Å²) in [6.45, 7) is 2.06. The minimum absolute atomic E-state index is 0.0530. The van der Waals surface area contributed by atoms with Crippen LogP contribution in [0.1, 0.15) is 16.1 Å². The first-order valence-corrected chi connectivity index (χ1v) is 4.74. The van der Waals surface area contributed by atoms with Crippen LogP contribution in [0.3, 0.4) is 0 Å². The van der Waals surface area contributed by atoms with Crippen molar-refractivity contribution >= 4 is 5.91 Å². The minimum atomic E-state index is 0.0530. The lowest BCUT2D eigenvalue weighted by Crippen LogP contribution is -2.38.